The van der Waals surface area contributed by atoms with Crippen molar-refractivity contribution in [3.05, 3.63) is 72.6 Å². The molecule has 40 heavy (non-hydrogen) atoms. The summed E-state index contributed by atoms with van der Waals surface area (Å²) in [7, 11) is -0.360. The summed E-state index contributed by atoms with van der Waals surface area (Å²) in [5.74, 6) is -0.839. The van der Waals surface area contributed by atoms with Gasteiger partial charge in [-0.3, -0.25) is 4.72 Å². The summed E-state index contributed by atoms with van der Waals surface area (Å²) in [6, 6.07) is 5.56. The van der Waals surface area contributed by atoms with E-state index in [2.05, 4.69) is 19.6 Å². The minimum absolute atomic E-state index is 0.0225. The van der Waals surface area contributed by atoms with Gasteiger partial charge in [0.1, 0.15) is 22.9 Å². The molecule has 1 N–H and O–H groups in total. The lowest BCUT2D eigenvalue weighted by Gasteiger charge is -2.47. The van der Waals surface area contributed by atoms with Crippen molar-refractivity contribution in [1.82, 2.24) is 19.4 Å². The fourth-order valence-electron chi connectivity index (χ4n) is 6.19. The van der Waals surface area contributed by atoms with E-state index in [-0.39, 0.29) is 30.2 Å². The maximum Gasteiger partial charge on any atom is 0.412 e. The molecule has 7 nitrogen and oxygen atoms in total. The molecular formula is C28H31F4N5O2S. The van der Waals surface area contributed by atoms with E-state index >= 15 is 4.39 Å². The standard InChI is InChI=1S/C28H31F4N5O2S/c1-27(10-4-5-20(16-27)28(30,31)32)19-6-7-22(24(14-19)36(2)3)37-12-9-18-13-25(21(29)15-23(18)37)40(38,39)35-26-8-11-33-17-34-26/h4-5,8-13,15,17,19,22,24H,6-7,14,16H2,1-3H3,(H,33,34,35)/t19-,22-,24-,27?/m0/s1. The van der Waals surface area contributed by atoms with E-state index in [9.17, 15) is 21.6 Å². The molecule has 3 aromatic rings. The molecule has 1 fully saturated rings. The Balaban J connectivity index is 1.42. The molecule has 5 rings (SSSR count). The predicted octanol–water partition coefficient (Wildman–Crippen LogP) is 6.10. The Morgan fingerprint density at radius 1 is 1.18 bits per heavy atom. The first-order valence-electron chi connectivity index (χ1n) is 13.0. The van der Waals surface area contributed by atoms with Crippen molar-refractivity contribution in [2.45, 2.75) is 55.8 Å². The lowest BCUT2D eigenvalue weighted by Crippen LogP contribution is -2.45. The van der Waals surface area contributed by atoms with Gasteiger partial charge in [-0.15, -0.1) is 0 Å². The van der Waals surface area contributed by atoms with Crippen LogP contribution in [0.4, 0.5) is 23.4 Å². The largest absolute Gasteiger partial charge is 0.412 e. The van der Waals surface area contributed by atoms with Gasteiger partial charge in [-0.1, -0.05) is 25.2 Å². The molecule has 0 aliphatic heterocycles. The summed E-state index contributed by atoms with van der Waals surface area (Å²) in [4.78, 5) is 9.16. The average Bonchev–Trinajstić information content (AvgIpc) is 3.30. The lowest BCUT2D eigenvalue weighted by atomic mass is 9.63. The Labute approximate surface area is 230 Å². The molecule has 0 amide bonds. The normalized spacial score (nSPS) is 25.8. The zero-order valence-corrected chi connectivity index (χ0v) is 23.2. The molecule has 214 valence electrons. The molecule has 1 saturated carbocycles. The Hall–Kier alpha value is -3.25. The molecule has 0 saturated heterocycles. The van der Waals surface area contributed by atoms with Gasteiger partial charge < -0.3 is 9.47 Å². The number of hydrogen-bond acceptors (Lipinski definition) is 5. The van der Waals surface area contributed by atoms with E-state index < -0.39 is 37.9 Å². The number of likely N-dealkylation sites (N-methyl/N-ethyl adjacent to an activating group) is 1. The summed E-state index contributed by atoms with van der Waals surface area (Å²) in [6.45, 7) is 1.90. The highest BCUT2D eigenvalue weighted by Crippen LogP contribution is 2.50. The van der Waals surface area contributed by atoms with E-state index in [1.165, 1.54) is 36.8 Å². The number of aromatic nitrogens is 3. The summed E-state index contributed by atoms with van der Waals surface area (Å²) < 4.78 is 85.9. The second kappa shape index (κ2) is 10.3. The van der Waals surface area contributed by atoms with Crippen molar-refractivity contribution in [2.24, 2.45) is 11.3 Å². The zero-order valence-electron chi connectivity index (χ0n) is 22.4. The van der Waals surface area contributed by atoms with Crippen LogP contribution in [0.5, 0.6) is 0 Å². The number of anilines is 1. The van der Waals surface area contributed by atoms with Crippen LogP contribution in [0.3, 0.4) is 0 Å². The number of nitrogens with one attached hydrogen (secondary N) is 1. The van der Waals surface area contributed by atoms with Gasteiger partial charge in [0.25, 0.3) is 10.0 Å². The molecule has 2 aliphatic rings. The number of halogens is 4. The van der Waals surface area contributed by atoms with Crippen molar-refractivity contribution in [3.8, 4) is 0 Å². The molecule has 2 aliphatic carbocycles. The van der Waals surface area contributed by atoms with Gasteiger partial charge in [0, 0.05) is 35.4 Å². The van der Waals surface area contributed by atoms with Crippen LogP contribution in [-0.2, 0) is 10.0 Å². The van der Waals surface area contributed by atoms with Crippen LogP contribution < -0.4 is 4.72 Å². The van der Waals surface area contributed by atoms with Gasteiger partial charge in [0.05, 0.1) is 5.52 Å². The first-order valence-corrected chi connectivity index (χ1v) is 14.5. The van der Waals surface area contributed by atoms with Crippen molar-refractivity contribution in [1.29, 1.82) is 0 Å². The molecule has 1 unspecified atom stereocenters. The molecule has 0 radical (unpaired) electrons. The summed E-state index contributed by atoms with van der Waals surface area (Å²) in [6.07, 6.45) is 6.62. The minimum Gasteiger partial charge on any atom is -0.343 e. The molecule has 12 heteroatoms. The van der Waals surface area contributed by atoms with Gasteiger partial charge in [-0.05, 0) is 75.4 Å². The molecule has 2 aromatic heterocycles. The number of hydrogen-bond donors (Lipinski definition) is 1. The van der Waals surface area contributed by atoms with Crippen molar-refractivity contribution >= 4 is 26.7 Å². The highest BCUT2D eigenvalue weighted by Gasteiger charge is 2.45. The van der Waals surface area contributed by atoms with Crippen molar-refractivity contribution < 1.29 is 26.0 Å². The number of sulfonamides is 1. The van der Waals surface area contributed by atoms with E-state index in [1.54, 1.807) is 6.07 Å². The highest BCUT2D eigenvalue weighted by atomic mass is 32.2. The maximum absolute atomic E-state index is 15.3. The van der Waals surface area contributed by atoms with E-state index in [0.29, 0.717) is 30.2 Å². The number of fused-ring (bicyclic) bond motifs is 1. The Bertz CT molecular complexity index is 1570. The topological polar surface area (TPSA) is 80.1 Å². The molecular weight excluding hydrogens is 546 g/mol. The smallest absolute Gasteiger partial charge is 0.343 e. The van der Waals surface area contributed by atoms with Crippen LogP contribution >= 0.6 is 0 Å². The Morgan fingerprint density at radius 2 is 1.95 bits per heavy atom. The van der Waals surface area contributed by atoms with Gasteiger partial charge in [0.2, 0.25) is 0 Å². The SMILES string of the molecule is CN(C)[C@H]1C[C@@H](C2(C)C=CC=C(C(F)(F)F)C2)CC[C@@H]1n1ccc2cc(S(=O)(=O)Nc3ccncn3)c(F)cc21. The third-order valence-electron chi connectivity index (χ3n) is 8.33. The second-order valence-corrected chi connectivity index (χ2v) is 12.8. The van der Waals surface area contributed by atoms with Crippen LogP contribution in [0.25, 0.3) is 10.9 Å². The monoisotopic (exact) mass is 577 g/mol. The van der Waals surface area contributed by atoms with E-state index in [0.717, 1.165) is 6.08 Å². The van der Waals surface area contributed by atoms with Gasteiger partial charge in [0.15, 0.2) is 0 Å². The number of rotatable bonds is 6. The Morgan fingerprint density at radius 3 is 2.62 bits per heavy atom. The highest BCUT2D eigenvalue weighted by molar-refractivity contribution is 7.92. The second-order valence-electron chi connectivity index (χ2n) is 11.1. The first-order chi connectivity index (χ1) is 18.8. The van der Waals surface area contributed by atoms with E-state index in [1.807, 2.05) is 37.9 Å². The summed E-state index contributed by atoms with van der Waals surface area (Å²) in [5, 5.41) is 0.561. The Kier molecular flexibility index (Phi) is 7.28. The summed E-state index contributed by atoms with van der Waals surface area (Å²) in [5.41, 5.74) is -0.573. The molecule has 1 aromatic carbocycles. The third kappa shape index (κ3) is 5.38. The third-order valence-corrected chi connectivity index (χ3v) is 9.70. The first kappa shape index (κ1) is 28.3. The fraction of sp³-hybridized carbons (Fsp3) is 0.429. The zero-order chi connectivity index (χ0) is 28.9. The van der Waals surface area contributed by atoms with Crippen molar-refractivity contribution in [3.63, 3.8) is 0 Å². The van der Waals surface area contributed by atoms with Gasteiger partial charge >= 0.3 is 6.18 Å². The van der Waals surface area contributed by atoms with Crippen LogP contribution in [0, 0.1) is 17.2 Å². The van der Waals surface area contributed by atoms with E-state index in [4.69, 9.17) is 0 Å². The maximum atomic E-state index is 15.3. The average molecular weight is 578 g/mol. The quantitative estimate of drug-likeness (QED) is 0.359. The fourth-order valence-corrected chi connectivity index (χ4v) is 7.30. The number of allylic oxidation sites excluding steroid dienone is 4. The number of alkyl halides is 3. The lowest BCUT2D eigenvalue weighted by molar-refractivity contribution is -0.0983. The van der Waals surface area contributed by atoms with Crippen molar-refractivity contribution in [2.75, 3.05) is 18.8 Å². The van der Waals surface area contributed by atoms with Gasteiger partial charge in [-0.2, -0.15) is 13.2 Å². The molecule has 4 atom stereocenters. The van der Waals surface area contributed by atoms with Crippen LogP contribution in [0.15, 0.2) is 71.7 Å². The molecule has 2 heterocycles. The summed E-state index contributed by atoms with van der Waals surface area (Å²) >= 11 is 0. The van der Waals surface area contributed by atoms with Crippen LogP contribution in [0.2, 0.25) is 0 Å². The molecule has 0 bridgehead atoms. The van der Waals surface area contributed by atoms with Crippen LogP contribution in [0.1, 0.15) is 38.6 Å². The predicted molar refractivity (Wildman–Crippen MR) is 145 cm³/mol. The van der Waals surface area contributed by atoms with Crippen LogP contribution in [-0.4, -0.2) is 54.2 Å². The number of benzene rings is 1. The molecule has 0 spiro atoms. The van der Waals surface area contributed by atoms with Gasteiger partial charge in [-0.25, -0.2) is 22.8 Å². The number of nitrogens with zero attached hydrogens (tertiary/aromatic N) is 4. The minimum atomic E-state index is -4.35.